The molecule has 0 N–H and O–H groups in total. The van der Waals surface area contributed by atoms with Crippen LogP contribution in [0, 0.1) is 0 Å². The molecule has 0 amide bonds. The van der Waals surface area contributed by atoms with Crippen LogP contribution in [-0.2, 0) is 4.74 Å². The van der Waals surface area contributed by atoms with Crippen LogP contribution in [0.3, 0.4) is 0 Å². The third kappa shape index (κ3) is 1.89. The van der Waals surface area contributed by atoms with Crippen LogP contribution in [0.25, 0.3) is 0 Å². The zero-order valence-electron chi connectivity index (χ0n) is 11.3. The Kier molecular flexibility index (Phi) is 3.80. The molecule has 1 saturated heterocycles. The molecule has 0 aromatic heterocycles. The van der Waals surface area contributed by atoms with Gasteiger partial charge < -0.3 is 4.74 Å². The quantitative estimate of drug-likeness (QED) is 0.684. The molecule has 16 heavy (non-hydrogen) atoms. The monoisotopic (exact) mass is 220 g/mol. The Morgan fingerprint density at radius 2 is 1.75 bits per heavy atom. The summed E-state index contributed by atoms with van der Waals surface area (Å²) < 4.78 is 6.32. The van der Waals surface area contributed by atoms with Gasteiger partial charge in [-0.3, -0.25) is 0 Å². The molecule has 1 nitrogen and oxygen atoms in total. The average Bonchev–Trinajstić information content (AvgIpc) is 2.47. The van der Waals surface area contributed by atoms with E-state index in [1.807, 2.05) is 6.08 Å². The van der Waals surface area contributed by atoms with Crippen LogP contribution in [0.1, 0.15) is 47.5 Å². The van der Waals surface area contributed by atoms with E-state index in [-0.39, 0.29) is 11.2 Å². The van der Waals surface area contributed by atoms with Crippen molar-refractivity contribution in [2.75, 3.05) is 0 Å². The maximum Gasteiger partial charge on any atom is 0.0941 e. The van der Waals surface area contributed by atoms with Gasteiger partial charge in [0.15, 0.2) is 0 Å². The van der Waals surface area contributed by atoms with Crippen LogP contribution in [0.4, 0.5) is 0 Å². The number of hydrogen-bond donors (Lipinski definition) is 0. The van der Waals surface area contributed by atoms with Crippen molar-refractivity contribution in [1.82, 2.24) is 0 Å². The molecule has 0 aromatic rings. The molecule has 90 valence electrons. The lowest BCUT2D eigenvalue weighted by molar-refractivity contribution is -0.0707. The molecule has 0 radical (unpaired) electrons. The molecule has 0 bridgehead atoms. The van der Waals surface area contributed by atoms with Crippen molar-refractivity contribution >= 4 is 0 Å². The lowest BCUT2D eigenvalue weighted by atomic mass is 9.83. The summed E-state index contributed by atoms with van der Waals surface area (Å²) in [5.74, 6) is 0. The first-order chi connectivity index (χ1) is 7.47. The third-order valence-electron chi connectivity index (χ3n) is 3.60. The van der Waals surface area contributed by atoms with Crippen molar-refractivity contribution < 1.29 is 4.74 Å². The highest BCUT2D eigenvalue weighted by molar-refractivity contribution is 5.49. The molecule has 0 spiro atoms. The standard InChI is InChI=1S/C15H24O/c1-7-11-13-12(8-2)14(5,6)16-15(13,9-3)10-4/h7-8,11H,1,9-10H2,2-6H3/b12-8+,13-11+. The van der Waals surface area contributed by atoms with Crippen LogP contribution in [0.15, 0.2) is 36.0 Å². The minimum atomic E-state index is -0.185. The normalized spacial score (nSPS) is 27.6. The predicted octanol–water partition coefficient (Wildman–Crippen LogP) is 4.41. The Morgan fingerprint density at radius 3 is 2.12 bits per heavy atom. The summed E-state index contributed by atoms with van der Waals surface area (Å²) in [6, 6.07) is 0. The van der Waals surface area contributed by atoms with Gasteiger partial charge in [0.2, 0.25) is 0 Å². The van der Waals surface area contributed by atoms with Crippen LogP contribution in [0.5, 0.6) is 0 Å². The number of rotatable bonds is 3. The maximum absolute atomic E-state index is 6.32. The van der Waals surface area contributed by atoms with Crippen molar-refractivity contribution in [1.29, 1.82) is 0 Å². The summed E-state index contributed by atoms with van der Waals surface area (Å²) in [5, 5.41) is 0. The minimum Gasteiger partial charge on any atom is -0.360 e. The van der Waals surface area contributed by atoms with Crippen molar-refractivity contribution in [3.05, 3.63) is 36.0 Å². The third-order valence-corrected chi connectivity index (χ3v) is 3.60. The molecule has 1 aliphatic rings. The second-order valence-corrected chi connectivity index (χ2v) is 4.83. The van der Waals surface area contributed by atoms with Gasteiger partial charge in [-0.1, -0.05) is 38.7 Å². The fraction of sp³-hybridized carbons (Fsp3) is 0.600. The highest BCUT2D eigenvalue weighted by Crippen LogP contribution is 2.49. The molecule has 0 unspecified atom stereocenters. The average molecular weight is 220 g/mol. The van der Waals surface area contributed by atoms with Crippen LogP contribution >= 0.6 is 0 Å². The van der Waals surface area contributed by atoms with Crippen molar-refractivity contribution in [3.63, 3.8) is 0 Å². The minimum absolute atomic E-state index is 0.125. The summed E-state index contributed by atoms with van der Waals surface area (Å²) in [7, 11) is 0. The second-order valence-electron chi connectivity index (χ2n) is 4.83. The van der Waals surface area contributed by atoms with E-state index in [0.717, 1.165) is 12.8 Å². The Labute approximate surface area is 99.9 Å². The van der Waals surface area contributed by atoms with Gasteiger partial charge >= 0.3 is 0 Å². The van der Waals surface area contributed by atoms with E-state index in [9.17, 15) is 0 Å². The van der Waals surface area contributed by atoms with Crippen LogP contribution in [0.2, 0.25) is 0 Å². The van der Waals surface area contributed by atoms with Crippen molar-refractivity contribution in [2.24, 2.45) is 0 Å². The summed E-state index contributed by atoms with van der Waals surface area (Å²) in [6.07, 6.45) is 8.15. The summed E-state index contributed by atoms with van der Waals surface area (Å²) in [6.45, 7) is 14.6. The van der Waals surface area contributed by atoms with Gasteiger partial charge in [0.25, 0.3) is 0 Å². The molecule has 1 fully saturated rings. The van der Waals surface area contributed by atoms with Crippen molar-refractivity contribution in [3.8, 4) is 0 Å². The van der Waals surface area contributed by atoms with E-state index in [2.05, 4.69) is 53.3 Å². The zero-order valence-corrected chi connectivity index (χ0v) is 11.3. The second kappa shape index (κ2) is 4.58. The van der Waals surface area contributed by atoms with Crippen LogP contribution in [-0.4, -0.2) is 11.2 Å². The number of ether oxygens (including phenoxy) is 1. The highest BCUT2D eigenvalue weighted by Gasteiger charge is 2.48. The first-order valence-electron chi connectivity index (χ1n) is 6.18. The lowest BCUT2D eigenvalue weighted by Crippen LogP contribution is -2.31. The SMILES string of the molecule is C=C/C=C1\C(=C/C)C(C)(C)OC1(CC)CC. The van der Waals surface area contributed by atoms with Gasteiger partial charge in [-0.15, -0.1) is 0 Å². The molecule has 0 saturated carbocycles. The summed E-state index contributed by atoms with van der Waals surface area (Å²) in [4.78, 5) is 0. The van der Waals surface area contributed by atoms with Gasteiger partial charge in [-0.2, -0.15) is 0 Å². The fourth-order valence-corrected chi connectivity index (χ4v) is 2.81. The first-order valence-corrected chi connectivity index (χ1v) is 6.18. The van der Waals surface area contributed by atoms with E-state index in [1.165, 1.54) is 11.1 Å². The number of allylic oxidation sites excluding steroid dienone is 3. The van der Waals surface area contributed by atoms with E-state index in [1.54, 1.807) is 0 Å². The molecule has 0 atom stereocenters. The number of hydrogen-bond acceptors (Lipinski definition) is 1. The van der Waals surface area contributed by atoms with Gasteiger partial charge in [-0.05, 0) is 44.8 Å². The Bertz CT molecular complexity index is 327. The predicted molar refractivity (Wildman–Crippen MR) is 70.5 cm³/mol. The van der Waals surface area contributed by atoms with Crippen LogP contribution < -0.4 is 0 Å². The summed E-state index contributed by atoms with van der Waals surface area (Å²) >= 11 is 0. The lowest BCUT2D eigenvalue weighted by Gasteiger charge is -2.29. The molecular weight excluding hydrogens is 196 g/mol. The molecule has 0 aromatic carbocycles. The largest absolute Gasteiger partial charge is 0.360 e. The zero-order chi connectivity index (χ0) is 12.4. The van der Waals surface area contributed by atoms with Crippen molar-refractivity contribution in [2.45, 2.75) is 58.7 Å². The summed E-state index contributed by atoms with van der Waals surface area (Å²) in [5.41, 5.74) is 2.30. The Morgan fingerprint density at radius 1 is 1.19 bits per heavy atom. The molecule has 1 heterocycles. The van der Waals surface area contributed by atoms with Gasteiger partial charge in [0.1, 0.15) is 0 Å². The van der Waals surface area contributed by atoms with E-state index in [4.69, 9.17) is 4.74 Å². The van der Waals surface area contributed by atoms with Gasteiger partial charge in [-0.25, -0.2) is 0 Å². The van der Waals surface area contributed by atoms with Gasteiger partial charge in [0, 0.05) is 0 Å². The van der Waals surface area contributed by atoms with Gasteiger partial charge in [0.05, 0.1) is 11.2 Å². The van der Waals surface area contributed by atoms with E-state index < -0.39 is 0 Å². The molecule has 1 aliphatic heterocycles. The Balaban J connectivity index is 3.35. The Hall–Kier alpha value is -0.820. The highest BCUT2D eigenvalue weighted by atomic mass is 16.5. The molecule has 0 aliphatic carbocycles. The van der Waals surface area contributed by atoms with E-state index in [0.29, 0.717) is 0 Å². The smallest absolute Gasteiger partial charge is 0.0941 e. The molecule has 1 rings (SSSR count). The molecule has 1 heteroatoms. The van der Waals surface area contributed by atoms with E-state index >= 15 is 0 Å². The maximum atomic E-state index is 6.32. The fourth-order valence-electron chi connectivity index (χ4n) is 2.81. The topological polar surface area (TPSA) is 9.23 Å². The first kappa shape index (κ1) is 13.2. The molecular formula is C15H24O.